The van der Waals surface area contributed by atoms with Crippen molar-refractivity contribution >= 4 is 29.1 Å². The molecule has 0 aliphatic rings. The minimum absolute atomic E-state index is 0.140. The summed E-state index contributed by atoms with van der Waals surface area (Å²) in [6.07, 6.45) is 0.334. The van der Waals surface area contributed by atoms with E-state index in [1.807, 2.05) is 13.8 Å². The Labute approximate surface area is 120 Å². The van der Waals surface area contributed by atoms with E-state index in [4.69, 9.17) is 5.11 Å². The van der Waals surface area contributed by atoms with Crippen molar-refractivity contribution in [2.75, 3.05) is 6.54 Å². The topological polar surface area (TPSA) is 108 Å². The molecule has 0 bridgehead atoms. The summed E-state index contributed by atoms with van der Waals surface area (Å²) in [5.41, 5.74) is 1.75. The maximum Gasteiger partial charge on any atom is 0.326 e. The maximum atomic E-state index is 11.6. The molecule has 0 aliphatic heterocycles. The number of nitrogens with zero attached hydrogens (tertiary/aromatic N) is 1. The number of aliphatic carboxylic acids is 1. The molecule has 0 aromatic carbocycles. The number of carbonyl (C=O) groups is 3. The van der Waals surface area contributed by atoms with Crippen molar-refractivity contribution in [1.29, 1.82) is 0 Å². The molecule has 0 saturated heterocycles. The first-order valence-electron chi connectivity index (χ1n) is 6.08. The van der Waals surface area contributed by atoms with Gasteiger partial charge in [0.25, 0.3) is 5.91 Å². The van der Waals surface area contributed by atoms with E-state index in [-0.39, 0.29) is 18.2 Å². The summed E-state index contributed by atoms with van der Waals surface area (Å²) in [4.78, 5) is 37.9. The fraction of sp³-hybridized carbons (Fsp3) is 0.500. The van der Waals surface area contributed by atoms with Gasteiger partial charge in [-0.25, -0.2) is 9.78 Å². The highest BCUT2D eigenvalue weighted by Gasteiger charge is 2.21. The fourth-order valence-electron chi connectivity index (χ4n) is 1.51. The molecule has 0 aliphatic carbocycles. The fourth-order valence-corrected chi connectivity index (χ4v) is 2.05. The number of carboxylic acid groups (broad SMARTS) is 1. The lowest BCUT2D eigenvalue weighted by Crippen LogP contribution is -2.46. The van der Waals surface area contributed by atoms with Gasteiger partial charge < -0.3 is 15.7 Å². The third-order valence-electron chi connectivity index (χ3n) is 2.41. The summed E-state index contributed by atoms with van der Waals surface area (Å²) in [5.74, 6) is -1.95. The molecule has 0 radical (unpaired) electrons. The Morgan fingerprint density at radius 1 is 1.40 bits per heavy atom. The van der Waals surface area contributed by atoms with Crippen LogP contribution in [0.2, 0.25) is 0 Å². The first-order valence-corrected chi connectivity index (χ1v) is 7.03. The van der Waals surface area contributed by atoms with Gasteiger partial charge in [-0.1, -0.05) is 13.8 Å². The second-order valence-corrected chi connectivity index (χ2v) is 5.36. The molecule has 3 N–H and O–H groups in total. The Morgan fingerprint density at radius 3 is 2.60 bits per heavy atom. The first-order chi connectivity index (χ1) is 9.40. The summed E-state index contributed by atoms with van der Waals surface area (Å²) in [6.45, 7) is 3.45. The second-order valence-electron chi connectivity index (χ2n) is 4.64. The minimum Gasteiger partial charge on any atom is -0.480 e. The molecular weight excluding hydrogens is 282 g/mol. The van der Waals surface area contributed by atoms with Crippen molar-refractivity contribution in [3.8, 4) is 0 Å². The predicted molar refractivity (Wildman–Crippen MR) is 73.5 cm³/mol. The van der Waals surface area contributed by atoms with Gasteiger partial charge in [-0.3, -0.25) is 9.59 Å². The molecule has 0 spiro atoms. The van der Waals surface area contributed by atoms with Gasteiger partial charge in [-0.15, -0.1) is 11.3 Å². The van der Waals surface area contributed by atoms with Crippen LogP contribution in [0.1, 0.15) is 30.8 Å². The van der Waals surface area contributed by atoms with Crippen molar-refractivity contribution < 1.29 is 19.5 Å². The highest BCUT2D eigenvalue weighted by atomic mass is 32.1. The summed E-state index contributed by atoms with van der Waals surface area (Å²) in [7, 11) is 0. The molecule has 8 heteroatoms. The Hall–Kier alpha value is -1.96. The van der Waals surface area contributed by atoms with E-state index >= 15 is 0 Å². The van der Waals surface area contributed by atoms with Crippen LogP contribution in [-0.2, 0) is 9.59 Å². The number of hydrogen-bond acceptors (Lipinski definition) is 5. The summed E-state index contributed by atoms with van der Waals surface area (Å²) in [6, 6.07) is -0.946. The van der Waals surface area contributed by atoms with Gasteiger partial charge in [-0.05, 0) is 12.3 Å². The van der Waals surface area contributed by atoms with Gasteiger partial charge in [0.2, 0.25) is 5.91 Å². The highest BCUT2D eigenvalue weighted by Crippen LogP contribution is 2.04. The van der Waals surface area contributed by atoms with Crippen molar-refractivity contribution in [2.45, 2.75) is 26.3 Å². The maximum absolute atomic E-state index is 11.6. The molecule has 7 nitrogen and oxygen atoms in total. The number of carbonyl (C=O) groups excluding carboxylic acids is 2. The number of nitrogens with one attached hydrogen (secondary N) is 2. The van der Waals surface area contributed by atoms with Crippen LogP contribution in [0.5, 0.6) is 0 Å². The van der Waals surface area contributed by atoms with Crippen LogP contribution in [0.4, 0.5) is 0 Å². The predicted octanol–water partition coefficient (Wildman–Crippen LogP) is 0.488. The number of hydrogen-bond donors (Lipinski definition) is 3. The second kappa shape index (κ2) is 7.59. The SMILES string of the molecule is CC(C)C[C@H](NC(=O)CNC(=O)c1cscn1)C(=O)O. The van der Waals surface area contributed by atoms with Crippen molar-refractivity contribution in [3.63, 3.8) is 0 Å². The van der Waals surface area contributed by atoms with Crippen LogP contribution in [0, 0.1) is 5.92 Å². The number of thiazole rings is 1. The Balaban J connectivity index is 2.42. The normalized spacial score (nSPS) is 11.9. The van der Waals surface area contributed by atoms with E-state index in [0.717, 1.165) is 0 Å². The van der Waals surface area contributed by atoms with E-state index in [1.54, 1.807) is 5.38 Å². The molecule has 0 unspecified atom stereocenters. The Morgan fingerprint density at radius 2 is 2.10 bits per heavy atom. The van der Waals surface area contributed by atoms with Crippen molar-refractivity contribution in [1.82, 2.24) is 15.6 Å². The average Bonchev–Trinajstić information content (AvgIpc) is 2.88. The van der Waals surface area contributed by atoms with Crippen molar-refractivity contribution in [2.24, 2.45) is 5.92 Å². The zero-order valence-electron chi connectivity index (χ0n) is 11.3. The Kier molecular flexibility index (Phi) is 6.10. The van der Waals surface area contributed by atoms with E-state index in [9.17, 15) is 14.4 Å². The molecule has 2 amide bonds. The van der Waals surface area contributed by atoms with Crippen molar-refractivity contribution in [3.05, 3.63) is 16.6 Å². The molecule has 1 heterocycles. The molecule has 110 valence electrons. The zero-order chi connectivity index (χ0) is 15.1. The quantitative estimate of drug-likeness (QED) is 0.679. The zero-order valence-corrected chi connectivity index (χ0v) is 12.1. The third kappa shape index (κ3) is 5.35. The number of amides is 2. The molecular formula is C12H17N3O4S. The van der Waals surface area contributed by atoms with Gasteiger partial charge in [0.15, 0.2) is 0 Å². The highest BCUT2D eigenvalue weighted by molar-refractivity contribution is 7.07. The standard InChI is InChI=1S/C12H17N3O4S/c1-7(2)3-8(12(18)19)15-10(16)4-13-11(17)9-5-20-6-14-9/h5-8H,3-4H2,1-2H3,(H,13,17)(H,15,16)(H,18,19)/t8-/m0/s1. The van der Waals surface area contributed by atoms with Crippen LogP contribution < -0.4 is 10.6 Å². The van der Waals surface area contributed by atoms with E-state index in [0.29, 0.717) is 6.42 Å². The van der Waals surface area contributed by atoms with E-state index in [2.05, 4.69) is 15.6 Å². The minimum atomic E-state index is -1.09. The number of aromatic nitrogens is 1. The smallest absolute Gasteiger partial charge is 0.326 e. The molecule has 1 aromatic rings. The van der Waals surface area contributed by atoms with Gasteiger partial charge in [0.1, 0.15) is 11.7 Å². The van der Waals surface area contributed by atoms with E-state index < -0.39 is 23.8 Å². The first kappa shape index (κ1) is 16.1. The van der Waals surface area contributed by atoms with Gasteiger partial charge >= 0.3 is 5.97 Å². The number of carboxylic acids is 1. The van der Waals surface area contributed by atoms with Gasteiger partial charge in [0, 0.05) is 5.38 Å². The lowest BCUT2D eigenvalue weighted by atomic mass is 10.0. The summed E-state index contributed by atoms with van der Waals surface area (Å²) in [5, 5.41) is 15.3. The van der Waals surface area contributed by atoms with Crippen LogP contribution in [-0.4, -0.2) is 40.5 Å². The Bertz CT molecular complexity index is 473. The average molecular weight is 299 g/mol. The largest absolute Gasteiger partial charge is 0.480 e. The molecule has 20 heavy (non-hydrogen) atoms. The molecule has 0 saturated carbocycles. The number of rotatable bonds is 7. The van der Waals surface area contributed by atoms with E-state index in [1.165, 1.54) is 16.8 Å². The molecule has 1 atom stereocenters. The monoisotopic (exact) mass is 299 g/mol. The third-order valence-corrected chi connectivity index (χ3v) is 3.00. The van der Waals surface area contributed by atoms with Gasteiger partial charge in [0.05, 0.1) is 12.1 Å². The molecule has 0 fully saturated rings. The molecule has 1 aromatic heterocycles. The van der Waals surface area contributed by atoms with Crippen LogP contribution in [0.25, 0.3) is 0 Å². The lowest BCUT2D eigenvalue weighted by molar-refractivity contribution is -0.142. The molecule has 1 rings (SSSR count). The van der Waals surface area contributed by atoms with Crippen LogP contribution >= 0.6 is 11.3 Å². The lowest BCUT2D eigenvalue weighted by Gasteiger charge is -2.16. The van der Waals surface area contributed by atoms with Crippen LogP contribution in [0.15, 0.2) is 10.9 Å². The van der Waals surface area contributed by atoms with Crippen LogP contribution in [0.3, 0.4) is 0 Å². The summed E-state index contributed by atoms with van der Waals surface area (Å²) >= 11 is 1.27. The summed E-state index contributed by atoms with van der Waals surface area (Å²) < 4.78 is 0. The van der Waals surface area contributed by atoms with Gasteiger partial charge in [-0.2, -0.15) is 0 Å².